The Labute approximate surface area is 210 Å². The van der Waals surface area contributed by atoms with Crippen LogP contribution in [0.1, 0.15) is 40.7 Å². The molecule has 184 valence electrons. The second kappa shape index (κ2) is 11.9. The van der Waals surface area contributed by atoms with Crippen LogP contribution in [0.15, 0.2) is 60.7 Å². The van der Waals surface area contributed by atoms with Gasteiger partial charge < -0.3 is 15.5 Å². The predicted molar refractivity (Wildman–Crippen MR) is 136 cm³/mol. The van der Waals surface area contributed by atoms with Crippen molar-refractivity contribution in [2.45, 2.75) is 31.7 Å². The smallest absolute Gasteiger partial charge is 0.255 e. The van der Waals surface area contributed by atoms with Crippen LogP contribution in [0.5, 0.6) is 0 Å². The van der Waals surface area contributed by atoms with E-state index in [2.05, 4.69) is 21.7 Å². The summed E-state index contributed by atoms with van der Waals surface area (Å²) in [5, 5.41) is 15.7. The van der Waals surface area contributed by atoms with E-state index >= 15 is 0 Å². The Kier molecular flexibility index (Phi) is 8.24. The molecule has 0 aliphatic carbocycles. The first-order chi connectivity index (χ1) is 17.6. The third-order valence-corrected chi connectivity index (χ3v) is 6.36. The molecule has 7 nitrogen and oxygen atoms in total. The summed E-state index contributed by atoms with van der Waals surface area (Å²) in [6, 6.07) is 19.1. The van der Waals surface area contributed by atoms with Crippen molar-refractivity contribution in [1.29, 1.82) is 5.26 Å². The van der Waals surface area contributed by atoms with Gasteiger partial charge in [-0.3, -0.25) is 9.59 Å². The van der Waals surface area contributed by atoms with Crippen molar-refractivity contribution in [2.24, 2.45) is 0 Å². The number of likely N-dealkylation sites (tertiary alicyclic amines) is 1. The number of halogens is 1. The lowest BCUT2D eigenvalue weighted by molar-refractivity contribution is -0.121. The van der Waals surface area contributed by atoms with E-state index in [1.165, 1.54) is 12.1 Å². The van der Waals surface area contributed by atoms with E-state index in [-0.39, 0.29) is 17.8 Å². The number of carbonyl (C=O) groups excluding carboxylic acids is 2. The predicted octanol–water partition coefficient (Wildman–Crippen LogP) is 4.15. The van der Waals surface area contributed by atoms with Crippen LogP contribution in [0.4, 0.5) is 10.2 Å². The number of rotatable bonds is 9. The zero-order valence-corrected chi connectivity index (χ0v) is 19.9. The molecular weight excluding hydrogens is 457 g/mol. The van der Waals surface area contributed by atoms with Gasteiger partial charge in [0.15, 0.2) is 0 Å². The number of carbonyl (C=O) groups is 2. The van der Waals surface area contributed by atoms with Gasteiger partial charge in [-0.1, -0.05) is 30.3 Å². The van der Waals surface area contributed by atoms with E-state index in [0.717, 1.165) is 31.2 Å². The fraction of sp³-hybridized carbons (Fsp3) is 0.286. The van der Waals surface area contributed by atoms with Crippen molar-refractivity contribution in [3.63, 3.8) is 0 Å². The minimum atomic E-state index is -0.299. The summed E-state index contributed by atoms with van der Waals surface area (Å²) in [5.74, 6) is -0.217. The lowest BCUT2D eigenvalue weighted by Crippen LogP contribution is -2.46. The van der Waals surface area contributed by atoms with E-state index < -0.39 is 0 Å². The Morgan fingerprint density at radius 3 is 2.83 bits per heavy atom. The van der Waals surface area contributed by atoms with E-state index in [4.69, 9.17) is 0 Å². The molecule has 0 unspecified atom stereocenters. The summed E-state index contributed by atoms with van der Waals surface area (Å²) in [7, 11) is 0. The monoisotopic (exact) mass is 485 g/mol. The first kappa shape index (κ1) is 24.9. The maximum Gasteiger partial charge on any atom is 0.255 e. The molecule has 0 saturated carbocycles. The van der Waals surface area contributed by atoms with Gasteiger partial charge in [-0.05, 0) is 61.6 Å². The Balaban J connectivity index is 1.55. The summed E-state index contributed by atoms with van der Waals surface area (Å²) in [4.78, 5) is 30.9. The molecule has 0 radical (unpaired) electrons. The number of anilines is 1. The molecule has 1 aromatic heterocycles. The van der Waals surface area contributed by atoms with Crippen molar-refractivity contribution in [3.05, 3.63) is 83.2 Å². The Morgan fingerprint density at radius 1 is 1.17 bits per heavy atom. The van der Waals surface area contributed by atoms with Crippen LogP contribution in [0.3, 0.4) is 0 Å². The van der Waals surface area contributed by atoms with Gasteiger partial charge in [0, 0.05) is 31.2 Å². The number of amides is 2. The highest BCUT2D eigenvalue weighted by atomic mass is 19.1. The standard InChI is InChI=1S/C28H28FN5O2/c29-22-8-5-6-20(16-22)13-14-31-27-25(28(36)32-18-23-9-3-4-15-34(23)19-35)11-12-26(33-27)24-10-2-1-7-21(24)17-30/h1-2,5-8,10-12,16,19,23H,3-4,9,13-15,18H2,(H,31,33)(H,32,36)/t23-/m1/s1. The molecule has 1 saturated heterocycles. The fourth-order valence-electron chi connectivity index (χ4n) is 4.44. The maximum absolute atomic E-state index is 13.6. The van der Waals surface area contributed by atoms with Crippen molar-refractivity contribution >= 4 is 18.1 Å². The van der Waals surface area contributed by atoms with Gasteiger partial charge in [-0.15, -0.1) is 0 Å². The quantitative estimate of drug-likeness (QED) is 0.444. The number of nitriles is 1. The van der Waals surface area contributed by atoms with Gasteiger partial charge in [-0.25, -0.2) is 9.37 Å². The Hall–Kier alpha value is -4.25. The average molecular weight is 486 g/mol. The molecule has 36 heavy (non-hydrogen) atoms. The lowest BCUT2D eigenvalue weighted by Gasteiger charge is -2.32. The molecule has 0 spiro atoms. The first-order valence-electron chi connectivity index (χ1n) is 12.1. The highest BCUT2D eigenvalue weighted by Gasteiger charge is 2.22. The zero-order valence-electron chi connectivity index (χ0n) is 19.9. The lowest BCUT2D eigenvalue weighted by atomic mass is 10.0. The molecule has 3 aromatic rings. The molecule has 8 heteroatoms. The van der Waals surface area contributed by atoms with Crippen molar-refractivity contribution in [2.75, 3.05) is 25.0 Å². The first-order valence-corrected chi connectivity index (χ1v) is 12.1. The summed E-state index contributed by atoms with van der Waals surface area (Å²) in [5.41, 5.74) is 2.91. The van der Waals surface area contributed by atoms with E-state index in [1.54, 1.807) is 35.2 Å². The van der Waals surface area contributed by atoms with Crippen LogP contribution < -0.4 is 10.6 Å². The molecule has 1 aliphatic rings. The van der Waals surface area contributed by atoms with Gasteiger partial charge in [0.2, 0.25) is 6.41 Å². The maximum atomic E-state index is 13.6. The second-order valence-electron chi connectivity index (χ2n) is 8.76. The van der Waals surface area contributed by atoms with Crippen LogP contribution in [0.25, 0.3) is 11.3 Å². The van der Waals surface area contributed by atoms with Gasteiger partial charge >= 0.3 is 0 Å². The number of benzene rings is 2. The molecule has 1 fully saturated rings. The van der Waals surface area contributed by atoms with Gasteiger partial charge in [-0.2, -0.15) is 5.26 Å². The van der Waals surface area contributed by atoms with Gasteiger partial charge in [0.05, 0.1) is 22.9 Å². The van der Waals surface area contributed by atoms with Gasteiger partial charge in [0.25, 0.3) is 5.91 Å². The van der Waals surface area contributed by atoms with Crippen LogP contribution in [0.2, 0.25) is 0 Å². The Morgan fingerprint density at radius 2 is 2.03 bits per heavy atom. The van der Waals surface area contributed by atoms with Gasteiger partial charge in [0.1, 0.15) is 11.6 Å². The number of hydrogen-bond acceptors (Lipinski definition) is 5. The number of nitrogens with zero attached hydrogens (tertiary/aromatic N) is 3. The van der Waals surface area contributed by atoms with E-state index in [1.807, 2.05) is 18.2 Å². The molecule has 2 amide bonds. The molecule has 0 bridgehead atoms. The van der Waals surface area contributed by atoms with Crippen LogP contribution in [-0.4, -0.2) is 47.9 Å². The molecular formula is C28H28FN5O2. The molecule has 1 atom stereocenters. The SMILES string of the molecule is N#Cc1ccccc1-c1ccc(C(=O)NC[C@H]2CCCCN2C=O)c(NCCc2cccc(F)c2)n1. The third kappa shape index (κ3) is 6.05. The molecule has 2 heterocycles. The largest absolute Gasteiger partial charge is 0.369 e. The highest BCUT2D eigenvalue weighted by Crippen LogP contribution is 2.25. The number of aromatic nitrogens is 1. The molecule has 1 aliphatic heterocycles. The number of piperidine rings is 1. The minimum absolute atomic E-state index is 0.0284. The number of pyridine rings is 1. The van der Waals surface area contributed by atoms with Crippen molar-refractivity contribution < 1.29 is 14.0 Å². The van der Waals surface area contributed by atoms with Crippen molar-refractivity contribution in [1.82, 2.24) is 15.2 Å². The summed E-state index contributed by atoms with van der Waals surface area (Å²) in [6.07, 6.45) is 4.22. The average Bonchev–Trinajstić information content (AvgIpc) is 2.92. The van der Waals surface area contributed by atoms with Crippen LogP contribution >= 0.6 is 0 Å². The zero-order chi connectivity index (χ0) is 25.3. The van der Waals surface area contributed by atoms with Crippen molar-refractivity contribution in [3.8, 4) is 17.3 Å². The third-order valence-electron chi connectivity index (χ3n) is 6.36. The fourth-order valence-corrected chi connectivity index (χ4v) is 4.44. The number of nitrogens with one attached hydrogen (secondary N) is 2. The molecule has 2 N–H and O–H groups in total. The summed E-state index contributed by atoms with van der Waals surface area (Å²) in [6.45, 7) is 1.49. The molecule has 4 rings (SSSR count). The second-order valence-corrected chi connectivity index (χ2v) is 8.76. The topological polar surface area (TPSA) is 98.1 Å². The Bertz CT molecular complexity index is 1270. The minimum Gasteiger partial charge on any atom is -0.369 e. The highest BCUT2D eigenvalue weighted by molar-refractivity contribution is 5.99. The summed E-state index contributed by atoms with van der Waals surface area (Å²) < 4.78 is 13.6. The van der Waals surface area contributed by atoms with E-state index in [0.29, 0.717) is 54.3 Å². The van der Waals surface area contributed by atoms with E-state index in [9.17, 15) is 19.2 Å². The molecule has 2 aromatic carbocycles. The summed E-state index contributed by atoms with van der Waals surface area (Å²) >= 11 is 0. The van der Waals surface area contributed by atoms with Crippen LogP contribution in [-0.2, 0) is 11.2 Å². The number of hydrogen-bond donors (Lipinski definition) is 2. The normalized spacial score (nSPS) is 15.1. The van der Waals surface area contributed by atoms with Crippen LogP contribution in [0, 0.1) is 17.1 Å².